The number of aromatic nitrogens is 1. The molecule has 4 aromatic rings. The van der Waals surface area contributed by atoms with E-state index in [-0.39, 0.29) is 17.9 Å². The Hall–Kier alpha value is -4.91. The van der Waals surface area contributed by atoms with E-state index >= 15 is 0 Å². The van der Waals surface area contributed by atoms with E-state index in [4.69, 9.17) is 4.74 Å². The number of aliphatic hydroxyl groups excluding tert-OH is 1. The molecule has 0 bridgehead atoms. The number of ether oxygens (including phenoxy) is 1. The minimum Gasteiger partial charge on any atom is -0.507 e. The monoisotopic (exact) mass is 533 g/mol. The number of hydrogen-bond donors (Lipinski definition) is 1. The number of amides is 1. The maximum Gasteiger partial charge on any atom is 0.295 e. The maximum absolute atomic E-state index is 13.4. The van der Waals surface area contributed by atoms with Gasteiger partial charge in [0, 0.05) is 44.3 Å². The highest BCUT2D eigenvalue weighted by Crippen LogP contribution is 2.40. The molecule has 40 heavy (non-hydrogen) atoms. The summed E-state index contributed by atoms with van der Waals surface area (Å²) in [7, 11) is 3.88. The quantitative estimate of drug-likeness (QED) is 0.179. The minimum atomic E-state index is -0.756. The SMILES string of the molecule is Cc1cccc(COc2ccc(/C(O)=C3/C(=O)C(=O)N(Cc4cccnc4)C3c3ccc(N(C)C)cc3)cc2)c1. The van der Waals surface area contributed by atoms with Gasteiger partial charge in [-0.3, -0.25) is 14.6 Å². The highest BCUT2D eigenvalue weighted by Gasteiger charge is 2.46. The lowest BCUT2D eigenvalue weighted by atomic mass is 9.95. The zero-order valence-corrected chi connectivity index (χ0v) is 22.7. The van der Waals surface area contributed by atoms with Gasteiger partial charge in [0.05, 0.1) is 11.6 Å². The molecule has 1 unspecified atom stereocenters. The van der Waals surface area contributed by atoms with Crippen molar-refractivity contribution in [1.29, 1.82) is 0 Å². The van der Waals surface area contributed by atoms with Crippen LogP contribution < -0.4 is 9.64 Å². The highest BCUT2D eigenvalue weighted by atomic mass is 16.5. The average Bonchev–Trinajstić information content (AvgIpc) is 3.21. The number of rotatable bonds is 8. The van der Waals surface area contributed by atoms with Gasteiger partial charge in [-0.1, -0.05) is 48.0 Å². The smallest absolute Gasteiger partial charge is 0.295 e. The molecule has 0 spiro atoms. The molecule has 5 rings (SSSR count). The van der Waals surface area contributed by atoms with E-state index in [0.29, 0.717) is 17.9 Å². The van der Waals surface area contributed by atoms with Gasteiger partial charge < -0.3 is 19.6 Å². The Kier molecular flexibility index (Phi) is 7.64. The Labute approximate surface area is 234 Å². The van der Waals surface area contributed by atoms with Crippen LogP contribution in [0.4, 0.5) is 5.69 Å². The number of likely N-dealkylation sites (tertiary alicyclic amines) is 1. The number of Topliss-reactive ketones (excluding diaryl/α,β-unsaturated/α-hetero) is 1. The Morgan fingerprint density at radius 2 is 1.68 bits per heavy atom. The Bertz CT molecular complexity index is 1550. The van der Waals surface area contributed by atoms with E-state index in [1.807, 2.05) is 74.4 Å². The normalized spacial score (nSPS) is 16.3. The molecule has 1 aliphatic heterocycles. The molecule has 3 aromatic carbocycles. The summed E-state index contributed by atoms with van der Waals surface area (Å²) in [5, 5.41) is 11.4. The summed E-state index contributed by atoms with van der Waals surface area (Å²) in [5.74, 6) is -0.974. The molecular weight excluding hydrogens is 502 g/mol. The van der Waals surface area contributed by atoms with Crippen molar-refractivity contribution in [1.82, 2.24) is 9.88 Å². The maximum atomic E-state index is 13.4. The molecule has 1 amide bonds. The van der Waals surface area contributed by atoms with Crippen LogP contribution >= 0.6 is 0 Å². The molecule has 202 valence electrons. The molecule has 1 atom stereocenters. The number of hydrogen-bond acceptors (Lipinski definition) is 6. The fraction of sp³-hybridized carbons (Fsp3) is 0.182. The summed E-state index contributed by atoms with van der Waals surface area (Å²) >= 11 is 0. The fourth-order valence-corrected chi connectivity index (χ4v) is 4.87. The molecule has 7 heteroatoms. The van der Waals surface area contributed by atoms with Crippen molar-refractivity contribution < 1.29 is 19.4 Å². The second kappa shape index (κ2) is 11.5. The number of anilines is 1. The summed E-state index contributed by atoms with van der Waals surface area (Å²) in [4.78, 5) is 34.3. The molecule has 0 radical (unpaired) electrons. The van der Waals surface area contributed by atoms with E-state index in [2.05, 4.69) is 11.1 Å². The molecule has 2 heterocycles. The van der Waals surface area contributed by atoms with Crippen LogP contribution in [-0.2, 0) is 22.7 Å². The van der Waals surface area contributed by atoms with Crippen molar-refractivity contribution in [3.8, 4) is 5.75 Å². The van der Waals surface area contributed by atoms with E-state index in [1.54, 1.807) is 42.7 Å². The minimum absolute atomic E-state index is 0.0555. The van der Waals surface area contributed by atoms with Crippen molar-refractivity contribution in [3.05, 3.63) is 131 Å². The molecule has 1 aromatic heterocycles. The number of carbonyl (C=O) groups is 2. The fourth-order valence-electron chi connectivity index (χ4n) is 4.87. The van der Waals surface area contributed by atoms with Gasteiger partial charge in [-0.2, -0.15) is 0 Å². The summed E-state index contributed by atoms with van der Waals surface area (Å²) in [6.45, 7) is 2.63. The van der Waals surface area contributed by atoms with Gasteiger partial charge in [0.25, 0.3) is 11.7 Å². The first-order valence-electron chi connectivity index (χ1n) is 13.0. The van der Waals surface area contributed by atoms with Crippen molar-refractivity contribution in [2.24, 2.45) is 0 Å². The zero-order chi connectivity index (χ0) is 28.2. The lowest BCUT2D eigenvalue weighted by Gasteiger charge is -2.26. The van der Waals surface area contributed by atoms with Crippen LogP contribution in [0.3, 0.4) is 0 Å². The third kappa shape index (κ3) is 5.59. The largest absolute Gasteiger partial charge is 0.507 e. The van der Waals surface area contributed by atoms with Crippen LogP contribution in [0.15, 0.2) is 103 Å². The first-order valence-corrected chi connectivity index (χ1v) is 13.0. The lowest BCUT2D eigenvalue weighted by molar-refractivity contribution is -0.140. The second-order valence-corrected chi connectivity index (χ2v) is 10.1. The van der Waals surface area contributed by atoms with Gasteiger partial charge in [-0.25, -0.2) is 0 Å². The van der Waals surface area contributed by atoms with Crippen LogP contribution in [0.5, 0.6) is 5.75 Å². The molecular formula is C33H31N3O4. The van der Waals surface area contributed by atoms with Crippen LogP contribution in [0.2, 0.25) is 0 Å². The number of pyridine rings is 1. The van der Waals surface area contributed by atoms with E-state index in [9.17, 15) is 14.7 Å². The summed E-state index contributed by atoms with van der Waals surface area (Å²) in [5.41, 5.74) is 5.20. The first-order chi connectivity index (χ1) is 19.3. The Balaban J connectivity index is 1.48. The number of nitrogens with zero attached hydrogens (tertiary/aromatic N) is 3. The van der Waals surface area contributed by atoms with Crippen molar-refractivity contribution in [2.75, 3.05) is 19.0 Å². The molecule has 7 nitrogen and oxygen atoms in total. The van der Waals surface area contributed by atoms with Crippen molar-refractivity contribution in [2.45, 2.75) is 26.1 Å². The predicted octanol–water partition coefficient (Wildman–Crippen LogP) is 5.66. The lowest BCUT2D eigenvalue weighted by Crippen LogP contribution is -2.29. The highest BCUT2D eigenvalue weighted by molar-refractivity contribution is 6.46. The molecule has 1 fully saturated rings. The van der Waals surface area contributed by atoms with Crippen LogP contribution in [0.1, 0.15) is 33.9 Å². The van der Waals surface area contributed by atoms with Gasteiger partial charge in [0.2, 0.25) is 0 Å². The van der Waals surface area contributed by atoms with Crippen molar-refractivity contribution in [3.63, 3.8) is 0 Å². The van der Waals surface area contributed by atoms with Crippen LogP contribution in [0, 0.1) is 6.92 Å². The summed E-state index contributed by atoms with van der Waals surface area (Å²) < 4.78 is 5.91. The number of benzene rings is 3. The number of aliphatic hydroxyl groups is 1. The molecule has 0 saturated carbocycles. The second-order valence-electron chi connectivity index (χ2n) is 10.1. The summed E-state index contributed by atoms with van der Waals surface area (Å²) in [6.07, 6.45) is 3.32. The zero-order valence-electron chi connectivity index (χ0n) is 22.7. The Morgan fingerprint density at radius 3 is 2.33 bits per heavy atom. The number of carbonyl (C=O) groups excluding carboxylic acids is 2. The van der Waals surface area contributed by atoms with E-state index in [0.717, 1.165) is 27.9 Å². The third-order valence-electron chi connectivity index (χ3n) is 6.96. The average molecular weight is 534 g/mol. The number of ketones is 1. The molecule has 1 N–H and O–H groups in total. The van der Waals surface area contributed by atoms with E-state index in [1.165, 1.54) is 4.90 Å². The third-order valence-corrected chi connectivity index (χ3v) is 6.96. The van der Waals surface area contributed by atoms with E-state index < -0.39 is 17.7 Å². The topological polar surface area (TPSA) is 83.0 Å². The molecule has 1 saturated heterocycles. The number of aryl methyl sites for hydroxylation is 1. The van der Waals surface area contributed by atoms with Gasteiger partial charge in [-0.05, 0) is 66.1 Å². The summed E-state index contributed by atoms with van der Waals surface area (Å²) in [6, 6.07) is 25.5. The Morgan fingerprint density at radius 1 is 0.950 bits per heavy atom. The first kappa shape index (κ1) is 26.7. The van der Waals surface area contributed by atoms with Gasteiger partial charge in [0.1, 0.15) is 18.1 Å². The molecule has 1 aliphatic rings. The van der Waals surface area contributed by atoms with Gasteiger partial charge in [0.15, 0.2) is 0 Å². The standard InChI is InChI=1S/C33H31N3O4/c1-22-6-4-7-23(18-22)21-40-28-15-11-26(12-16-28)31(37)29-30(25-9-13-27(14-10-25)35(2)3)36(33(39)32(29)38)20-24-8-5-17-34-19-24/h4-19,30,37H,20-21H2,1-3H3/b31-29-. The van der Waals surface area contributed by atoms with Crippen LogP contribution in [0.25, 0.3) is 5.76 Å². The predicted molar refractivity (Wildman–Crippen MR) is 155 cm³/mol. The molecule has 0 aliphatic carbocycles. The van der Waals surface area contributed by atoms with Crippen LogP contribution in [-0.4, -0.2) is 40.8 Å². The van der Waals surface area contributed by atoms with Gasteiger partial charge in [-0.15, -0.1) is 0 Å². The van der Waals surface area contributed by atoms with Gasteiger partial charge >= 0.3 is 0 Å². The van der Waals surface area contributed by atoms with Crippen molar-refractivity contribution >= 4 is 23.1 Å².